The molecule has 138 valence electrons. The summed E-state index contributed by atoms with van der Waals surface area (Å²) in [5.74, 6) is 1.03. The monoisotopic (exact) mass is 353 g/mol. The summed E-state index contributed by atoms with van der Waals surface area (Å²) in [5.41, 5.74) is 3.60. The number of rotatable bonds is 7. The van der Waals surface area contributed by atoms with E-state index in [1.165, 1.54) is 11.1 Å². The number of benzene rings is 1. The third-order valence-electron chi connectivity index (χ3n) is 4.71. The topological polar surface area (TPSA) is 54.5 Å². The van der Waals surface area contributed by atoms with Gasteiger partial charge in [0.25, 0.3) is 0 Å². The summed E-state index contributed by atoms with van der Waals surface area (Å²) >= 11 is 0. The van der Waals surface area contributed by atoms with E-state index >= 15 is 0 Å². The van der Waals surface area contributed by atoms with Gasteiger partial charge in [-0.2, -0.15) is 0 Å². The van der Waals surface area contributed by atoms with E-state index < -0.39 is 0 Å². The SMILES string of the molecule is CCc1ccc(CCC(=O)NCc2ccnc(N3CCOCC3)c2)cc1. The van der Waals surface area contributed by atoms with Gasteiger partial charge in [-0.15, -0.1) is 0 Å². The van der Waals surface area contributed by atoms with Gasteiger partial charge in [0.15, 0.2) is 0 Å². The molecule has 0 spiro atoms. The van der Waals surface area contributed by atoms with Gasteiger partial charge in [0.05, 0.1) is 13.2 Å². The molecule has 5 heteroatoms. The summed E-state index contributed by atoms with van der Waals surface area (Å²) in [7, 11) is 0. The summed E-state index contributed by atoms with van der Waals surface area (Å²) in [4.78, 5) is 18.8. The standard InChI is InChI=1S/C21H27N3O2/c1-2-17-3-5-18(6-4-17)7-8-21(25)23-16-19-9-10-22-20(15-19)24-11-13-26-14-12-24/h3-6,9-10,15H,2,7-8,11-14,16H2,1H3,(H,23,25). The summed E-state index contributed by atoms with van der Waals surface area (Å²) < 4.78 is 5.38. The summed E-state index contributed by atoms with van der Waals surface area (Å²) in [6.45, 7) is 5.88. The Kier molecular flexibility index (Phi) is 6.61. The lowest BCUT2D eigenvalue weighted by atomic mass is 10.1. The fourth-order valence-corrected chi connectivity index (χ4v) is 3.02. The van der Waals surface area contributed by atoms with Crippen molar-refractivity contribution in [3.05, 3.63) is 59.3 Å². The van der Waals surface area contributed by atoms with Crippen LogP contribution in [0.2, 0.25) is 0 Å². The van der Waals surface area contributed by atoms with Crippen LogP contribution >= 0.6 is 0 Å². The molecule has 1 aliphatic rings. The average Bonchev–Trinajstić information content (AvgIpc) is 2.72. The number of carbonyl (C=O) groups excluding carboxylic acids is 1. The Morgan fingerprint density at radius 3 is 2.58 bits per heavy atom. The van der Waals surface area contributed by atoms with Gasteiger partial charge in [-0.1, -0.05) is 31.2 Å². The van der Waals surface area contributed by atoms with E-state index in [9.17, 15) is 4.79 Å². The molecular formula is C21H27N3O2. The van der Waals surface area contributed by atoms with Crippen molar-refractivity contribution in [1.29, 1.82) is 0 Å². The Bertz CT molecular complexity index is 709. The minimum atomic E-state index is 0.0781. The Hall–Kier alpha value is -2.40. The second kappa shape index (κ2) is 9.34. The zero-order chi connectivity index (χ0) is 18.2. The Balaban J connectivity index is 1.46. The summed E-state index contributed by atoms with van der Waals surface area (Å²) in [6, 6.07) is 12.5. The van der Waals surface area contributed by atoms with Gasteiger partial charge in [0.1, 0.15) is 5.82 Å². The number of nitrogens with zero attached hydrogens (tertiary/aromatic N) is 2. The van der Waals surface area contributed by atoms with Crippen molar-refractivity contribution < 1.29 is 9.53 Å². The predicted octanol–water partition coefficient (Wildman–Crippen LogP) is 2.73. The third-order valence-corrected chi connectivity index (χ3v) is 4.71. The van der Waals surface area contributed by atoms with E-state index in [0.29, 0.717) is 13.0 Å². The van der Waals surface area contributed by atoms with Crippen LogP contribution in [-0.4, -0.2) is 37.2 Å². The Labute approximate surface area is 155 Å². The van der Waals surface area contributed by atoms with Gasteiger partial charge in [0.2, 0.25) is 5.91 Å². The van der Waals surface area contributed by atoms with Crippen LogP contribution in [0.4, 0.5) is 5.82 Å². The lowest BCUT2D eigenvalue weighted by molar-refractivity contribution is -0.121. The zero-order valence-corrected chi connectivity index (χ0v) is 15.4. The van der Waals surface area contributed by atoms with Gasteiger partial charge >= 0.3 is 0 Å². The van der Waals surface area contributed by atoms with Crippen LogP contribution in [0.1, 0.15) is 30.0 Å². The highest BCUT2D eigenvalue weighted by atomic mass is 16.5. The van der Waals surface area contributed by atoms with Crippen molar-refractivity contribution in [2.24, 2.45) is 0 Å². The summed E-state index contributed by atoms with van der Waals surface area (Å²) in [5, 5.41) is 3.01. The third kappa shape index (κ3) is 5.30. The van der Waals surface area contributed by atoms with Crippen LogP contribution in [0.25, 0.3) is 0 Å². The first-order valence-corrected chi connectivity index (χ1v) is 9.36. The minimum Gasteiger partial charge on any atom is -0.378 e. The highest BCUT2D eigenvalue weighted by Crippen LogP contribution is 2.14. The molecule has 1 aliphatic heterocycles. The fourth-order valence-electron chi connectivity index (χ4n) is 3.02. The maximum absolute atomic E-state index is 12.1. The van der Waals surface area contributed by atoms with E-state index in [1.807, 2.05) is 12.3 Å². The van der Waals surface area contributed by atoms with E-state index in [4.69, 9.17) is 4.74 Å². The van der Waals surface area contributed by atoms with Crippen LogP contribution in [0.3, 0.4) is 0 Å². The molecule has 1 N–H and O–H groups in total. The molecule has 0 saturated carbocycles. The van der Waals surface area contributed by atoms with Crippen LogP contribution in [-0.2, 0) is 28.9 Å². The number of nitrogens with one attached hydrogen (secondary N) is 1. The van der Waals surface area contributed by atoms with E-state index in [1.54, 1.807) is 0 Å². The van der Waals surface area contributed by atoms with Gasteiger partial charge < -0.3 is 15.0 Å². The highest BCUT2D eigenvalue weighted by molar-refractivity contribution is 5.76. The second-order valence-corrected chi connectivity index (χ2v) is 6.57. The number of anilines is 1. The molecule has 1 amide bonds. The number of hydrogen-bond donors (Lipinski definition) is 1. The molecule has 1 aromatic heterocycles. The number of amides is 1. The van der Waals surface area contributed by atoms with Crippen LogP contribution in [0, 0.1) is 0 Å². The normalized spacial score (nSPS) is 14.3. The number of pyridine rings is 1. The van der Waals surface area contributed by atoms with Gasteiger partial charge in [-0.3, -0.25) is 4.79 Å². The zero-order valence-electron chi connectivity index (χ0n) is 15.4. The molecule has 0 unspecified atom stereocenters. The minimum absolute atomic E-state index is 0.0781. The predicted molar refractivity (Wildman–Crippen MR) is 103 cm³/mol. The maximum Gasteiger partial charge on any atom is 0.220 e. The van der Waals surface area contributed by atoms with Crippen molar-refractivity contribution in [2.75, 3.05) is 31.2 Å². The summed E-state index contributed by atoms with van der Waals surface area (Å²) in [6.07, 6.45) is 4.12. The molecular weight excluding hydrogens is 326 g/mol. The first kappa shape index (κ1) is 18.4. The fraction of sp³-hybridized carbons (Fsp3) is 0.429. The molecule has 2 heterocycles. The largest absolute Gasteiger partial charge is 0.378 e. The smallest absolute Gasteiger partial charge is 0.220 e. The lowest BCUT2D eigenvalue weighted by Crippen LogP contribution is -2.36. The number of hydrogen-bond acceptors (Lipinski definition) is 4. The van der Waals surface area contributed by atoms with Crippen LogP contribution in [0.5, 0.6) is 0 Å². The molecule has 1 saturated heterocycles. The number of aryl methyl sites for hydroxylation is 2. The number of ether oxygens (including phenoxy) is 1. The van der Waals surface area contributed by atoms with Crippen molar-refractivity contribution in [1.82, 2.24) is 10.3 Å². The van der Waals surface area contributed by atoms with E-state index in [-0.39, 0.29) is 5.91 Å². The number of morpholine rings is 1. The first-order chi connectivity index (χ1) is 12.7. The van der Waals surface area contributed by atoms with Gasteiger partial charge in [-0.05, 0) is 41.7 Å². The molecule has 5 nitrogen and oxygen atoms in total. The Morgan fingerprint density at radius 2 is 1.85 bits per heavy atom. The van der Waals surface area contributed by atoms with Crippen LogP contribution < -0.4 is 10.2 Å². The molecule has 1 aromatic carbocycles. The number of carbonyl (C=O) groups is 1. The first-order valence-electron chi connectivity index (χ1n) is 9.36. The molecule has 0 aliphatic carbocycles. The molecule has 0 radical (unpaired) electrons. The molecule has 0 atom stereocenters. The number of aromatic nitrogens is 1. The lowest BCUT2D eigenvalue weighted by Gasteiger charge is -2.28. The van der Waals surface area contributed by atoms with E-state index in [0.717, 1.165) is 50.5 Å². The Morgan fingerprint density at radius 1 is 1.12 bits per heavy atom. The van der Waals surface area contributed by atoms with Crippen molar-refractivity contribution in [3.8, 4) is 0 Å². The van der Waals surface area contributed by atoms with Crippen molar-refractivity contribution in [3.63, 3.8) is 0 Å². The molecule has 3 rings (SSSR count). The second-order valence-electron chi connectivity index (χ2n) is 6.57. The molecule has 0 bridgehead atoms. The van der Waals surface area contributed by atoms with Gasteiger partial charge in [-0.25, -0.2) is 4.98 Å². The van der Waals surface area contributed by atoms with Gasteiger partial charge in [0, 0.05) is 32.3 Å². The molecule has 1 fully saturated rings. The maximum atomic E-state index is 12.1. The van der Waals surface area contributed by atoms with Crippen LogP contribution in [0.15, 0.2) is 42.6 Å². The van der Waals surface area contributed by atoms with E-state index in [2.05, 4.69) is 52.5 Å². The molecule has 2 aromatic rings. The highest BCUT2D eigenvalue weighted by Gasteiger charge is 2.12. The molecule has 26 heavy (non-hydrogen) atoms. The van der Waals surface area contributed by atoms with Crippen molar-refractivity contribution >= 4 is 11.7 Å². The quantitative estimate of drug-likeness (QED) is 0.832. The average molecular weight is 353 g/mol. The van der Waals surface area contributed by atoms with Crippen molar-refractivity contribution in [2.45, 2.75) is 32.7 Å².